The van der Waals surface area contributed by atoms with Gasteiger partial charge in [-0.3, -0.25) is 4.79 Å². The largest absolute Gasteiger partial charge is 0.489 e. The Balaban J connectivity index is 1.49. The summed E-state index contributed by atoms with van der Waals surface area (Å²) >= 11 is 0. The molecule has 3 aromatic carbocycles. The first-order valence-electron chi connectivity index (χ1n) is 10.7. The van der Waals surface area contributed by atoms with Crippen LogP contribution in [-0.4, -0.2) is 5.78 Å². The minimum absolute atomic E-state index is 0.00612. The van der Waals surface area contributed by atoms with E-state index in [1.165, 1.54) is 11.1 Å². The standard InChI is InChI=1S/C28H26O2/c1-28-16-14-22-18-23(30-19-20-8-4-2-5-9-20)12-13-24(22)27(28)26(25(29)15-17-28)21-10-6-3-7-11-21/h2-13,15,17-18,26-27H,14,16,19H2,1H3/t26?,27-,28-/m0/s1. The Labute approximate surface area is 178 Å². The van der Waals surface area contributed by atoms with Crippen LogP contribution in [-0.2, 0) is 17.8 Å². The summed E-state index contributed by atoms with van der Waals surface area (Å²) in [6.45, 7) is 2.87. The van der Waals surface area contributed by atoms with Crippen LogP contribution in [0.2, 0.25) is 0 Å². The lowest BCUT2D eigenvalue weighted by Crippen LogP contribution is -2.39. The van der Waals surface area contributed by atoms with Crippen LogP contribution in [0.4, 0.5) is 0 Å². The zero-order valence-electron chi connectivity index (χ0n) is 17.3. The van der Waals surface area contributed by atoms with Gasteiger partial charge in [-0.15, -0.1) is 0 Å². The lowest BCUT2D eigenvalue weighted by molar-refractivity contribution is -0.117. The molecule has 0 aromatic heterocycles. The molecular weight excluding hydrogens is 368 g/mol. The van der Waals surface area contributed by atoms with Gasteiger partial charge in [0.2, 0.25) is 0 Å². The molecule has 5 rings (SSSR count). The van der Waals surface area contributed by atoms with Crippen molar-refractivity contribution >= 4 is 5.78 Å². The molecule has 2 aliphatic carbocycles. The second-order valence-electron chi connectivity index (χ2n) is 8.74. The molecule has 150 valence electrons. The van der Waals surface area contributed by atoms with E-state index in [-0.39, 0.29) is 23.0 Å². The first-order chi connectivity index (χ1) is 14.6. The molecular formula is C28H26O2. The molecule has 30 heavy (non-hydrogen) atoms. The van der Waals surface area contributed by atoms with Crippen molar-refractivity contribution < 1.29 is 9.53 Å². The Bertz CT molecular complexity index is 1080. The predicted octanol–water partition coefficient (Wildman–Crippen LogP) is 6.22. The summed E-state index contributed by atoms with van der Waals surface area (Å²) in [6.07, 6.45) is 6.02. The summed E-state index contributed by atoms with van der Waals surface area (Å²) in [6, 6.07) is 26.9. The van der Waals surface area contributed by atoms with Crippen LogP contribution in [0.1, 0.15) is 47.4 Å². The molecule has 0 radical (unpaired) electrons. The third-order valence-electron chi connectivity index (χ3n) is 6.77. The van der Waals surface area contributed by atoms with Gasteiger partial charge in [-0.05, 0) is 58.7 Å². The maximum atomic E-state index is 13.0. The molecule has 0 spiro atoms. The Morgan fingerprint density at radius 1 is 0.967 bits per heavy atom. The number of carbonyl (C=O) groups excluding carboxylic acids is 1. The maximum absolute atomic E-state index is 13.0. The molecule has 0 bridgehead atoms. The van der Waals surface area contributed by atoms with E-state index in [1.54, 1.807) is 0 Å². The number of rotatable bonds is 4. The SMILES string of the molecule is C[C@]12C=CC(=O)C(c3ccccc3)[C@@H]1c1ccc(OCc3ccccc3)cc1CC2. The van der Waals surface area contributed by atoms with Crippen molar-refractivity contribution in [3.8, 4) is 5.75 Å². The van der Waals surface area contributed by atoms with Gasteiger partial charge in [0.1, 0.15) is 12.4 Å². The van der Waals surface area contributed by atoms with Gasteiger partial charge in [0, 0.05) is 5.92 Å². The van der Waals surface area contributed by atoms with Gasteiger partial charge in [-0.2, -0.15) is 0 Å². The van der Waals surface area contributed by atoms with Crippen LogP contribution < -0.4 is 4.74 Å². The van der Waals surface area contributed by atoms with Crippen LogP contribution >= 0.6 is 0 Å². The van der Waals surface area contributed by atoms with Crippen molar-refractivity contribution in [2.24, 2.45) is 5.41 Å². The van der Waals surface area contributed by atoms with E-state index < -0.39 is 0 Å². The second-order valence-corrected chi connectivity index (χ2v) is 8.74. The fourth-order valence-corrected chi connectivity index (χ4v) is 5.15. The van der Waals surface area contributed by atoms with Crippen molar-refractivity contribution in [3.63, 3.8) is 0 Å². The molecule has 0 heterocycles. The van der Waals surface area contributed by atoms with E-state index in [0.29, 0.717) is 6.61 Å². The number of aryl methyl sites for hydroxylation is 1. The quantitative estimate of drug-likeness (QED) is 0.525. The minimum Gasteiger partial charge on any atom is -0.489 e. The number of allylic oxidation sites excluding steroid dienone is 2. The fourth-order valence-electron chi connectivity index (χ4n) is 5.15. The lowest BCUT2D eigenvalue weighted by atomic mass is 9.56. The molecule has 0 amide bonds. The van der Waals surface area contributed by atoms with E-state index in [0.717, 1.165) is 29.7 Å². The van der Waals surface area contributed by atoms with Crippen LogP contribution in [0, 0.1) is 5.41 Å². The van der Waals surface area contributed by atoms with E-state index >= 15 is 0 Å². The van der Waals surface area contributed by atoms with Gasteiger partial charge in [0.05, 0.1) is 5.92 Å². The molecule has 1 unspecified atom stereocenters. The third-order valence-corrected chi connectivity index (χ3v) is 6.77. The number of fused-ring (bicyclic) bond motifs is 3. The van der Waals surface area contributed by atoms with E-state index in [9.17, 15) is 4.79 Å². The van der Waals surface area contributed by atoms with E-state index in [1.807, 2.05) is 42.5 Å². The number of ether oxygens (including phenoxy) is 1. The van der Waals surface area contributed by atoms with Crippen molar-refractivity contribution in [1.82, 2.24) is 0 Å². The second kappa shape index (κ2) is 7.60. The Morgan fingerprint density at radius 3 is 2.47 bits per heavy atom. The predicted molar refractivity (Wildman–Crippen MR) is 120 cm³/mol. The van der Waals surface area contributed by atoms with Crippen molar-refractivity contribution in [2.45, 2.75) is 38.2 Å². The molecule has 0 aliphatic heterocycles. The summed E-state index contributed by atoms with van der Waals surface area (Å²) in [5, 5.41) is 0. The highest BCUT2D eigenvalue weighted by atomic mass is 16.5. The fraction of sp³-hybridized carbons (Fsp3) is 0.250. The molecule has 0 N–H and O–H groups in total. The van der Waals surface area contributed by atoms with E-state index in [2.05, 4.69) is 55.5 Å². The molecule has 2 heteroatoms. The molecule has 0 fully saturated rings. The highest BCUT2D eigenvalue weighted by Crippen LogP contribution is 2.55. The summed E-state index contributed by atoms with van der Waals surface area (Å²) in [5.41, 5.74) is 4.87. The number of carbonyl (C=O) groups is 1. The van der Waals surface area contributed by atoms with Crippen molar-refractivity contribution in [2.75, 3.05) is 0 Å². The number of benzene rings is 3. The number of hydrogen-bond acceptors (Lipinski definition) is 2. The van der Waals surface area contributed by atoms with Crippen LogP contribution in [0.25, 0.3) is 0 Å². The third kappa shape index (κ3) is 3.37. The average molecular weight is 395 g/mol. The first kappa shape index (κ1) is 18.9. The number of ketones is 1. The zero-order chi connectivity index (χ0) is 20.6. The van der Waals surface area contributed by atoms with Crippen LogP contribution in [0.5, 0.6) is 5.75 Å². The molecule has 0 saturated carbocycles. The monoisotopic (exact) mass is 394 g/mol. The maximum Gasteiger partial charge on any atom is 0.163 e. The normalized spacial score (nSPS) is 24.8. The van der Waals surface area contributed by atoms with E-state index in [4.69, 9.17) is 4.74 Å². The minimum atomic E-state index is -0.128. The highest BCUT2D eigenvalue weighted by Gasteiger charge is 2.47. The topological polar surface area (TPSA) is 26.3 Å². The smallest absolute Gasteiger partial charge is 0.163 e. The Kier molecular flexibility index (Phi) is 4.78. The van der Waals surface area contributed by atoms with Crippen LogP contribution in [0.3, 0.4) is 0 Å². The highest BCUT2D eigenvalue weighted by molar-refractivity contribution is 5.97. The van der Waals surface area contributed by atoms with Crippen molar-refractivity contribution in [1.29, 1.82) is 0 Å². The van der Waals surface area contributed by atoms with Gasteiger partial charge in [0.15, 0.2) is 5.78 Å². The summed E-state index contributed by atoms with van der Waals surface area (Å²) < 4.78 is 6.07. The average Bonchev–Trinajstić information content (AvgIpc) is 2.79. The molecule has 3 aromatic rings. The first-order valence-corrected chi connectivity index (χ1v) is 10.7. The van der Waals surface area contributed by atoms with Crippen LogP contribution in [0.15, 0.2) is 91.0 Å². The Hall–Kier alpha value is -3.13. The molecule has 2 nitrogen and oxygen atoms in total. The van der Waals surface area contributed by atoms with Gasteiger partial charge in [0.25, 0.3) is 0 Å². The summed E-state index contributed by atoms with van der Waals surface area (Å²) in [4.78, 5) is 13.0. The summed E-state index contributed by atoms with van der Waals surface area (Å²) in [7, 11) is 0. The van der Waals surface area contributed by atoms with Crippen molar-refractivity contribution in [3.05, 3.63) is 113 Å². The van der Waals surface area contributed by atoms with Gasteiger partial charge >= 0.3 is 0 Å². The molecule has 3 atom stereocenters. The molecule has 2 aliphatic rings. The summed E-state index contributed by atoms with van der Waals surface area (Å²) in [5.74, 6) is 1.14. The van der Waals surface area contributed by atoms with Gasteiger partial charge in [-0.1, -0.05) is 79.7 Å². The van der Waals surface area contributed by atoms with Gasteiger partial charge < -0.3 is 4.74 Å². The zero-order valence-corrected chi connectivity index (χ0v) is 17.3. The lowest BCUT2D eigenvalue weighted by Gasteiger charge is -2.46. The Morgan fingerprint density at radius 2 is 1.70 bits per heavy atom. The molecule has 0 saturated heterocycles. The number of hydrogen-bond donors (Lipinski definition) is 0. The van der Waals surface area contributed by atoms with Gasteiger partial charge in [-0.25, -0.2) is 0 Å².